The van der Waals surface area contributed by atoms with Gasteiger partial charge >= 0.3 is 0 Å². The van der Waals surface area contributed by atoms with Crippen molar-refractivity contribution in [2.45, 2.75) is 51.6 Å². The van der Waals surface area contributed by atoms with Gasteiger partial charge < -0.3 is 10.2 Å². The lowest BCUT2D eigenvalue weighted by Crippen LogP contribution is -2.48. The van der Waals surface area contributed by atoms with E-state index in [2.05, 4.69) is 36.5 Å². The van der Waals surface area contributed by atoms with Gasteiger partial charge in [-0.25, -0.2) is 0 Å². The molecule has 30 heavy (non-hydrogen) atoms. The van der Waals surface area contributed by atoms with Gasteiger partial charge in [0.1, 0.15) is 6.04 Å². The normalized spacial score (nSPS) is 11.9. The van der Waals surface area contributed by atoms with Gasteiger partial charge in [0, 0.05) is 35.2 Å². The number of hydrogen-bond donors (Lipinski definition) is 1. The maximum absolute atomic E-state index is 13.1. The summed E-state index contributed by atoms with van der Waals surface area (Å²) in [6, 6.07) is 15.1. The molecule has 1 N–H and O–H groups in total. The molecule has 0 saturated carbocycles. The van der Waals surface area contributed by atoms with Crippen LogP contribution in [-0.4, -0.2) is 35.1 Å². The van der Waals surface area contributed by atoms with Crippen molar-refractivity contribution in [1.29, 1.82) is 0 Å². The minimum atomic E-state index is -0.556. The Hall–Kier alpha value is -1.98. The molecular weight excluding hydrogens is 416 g/mol. The van der Waals surface area contributed by atoms with E-state index in [0.29, 0.717) is 36.2 Å². The molecule has 1 atom stereocenters. The first-order chi connectivity index (χ1) is 14.3. The standard InChI is InChI=1S/C24H31ClN2O2S/c1-17(2)15-26-24(29)19(4)27(16-20-6-5-7-21(25)14-20)23(28)12-13-30-22-10-8-18(3)9-11-22/h5-11,14,17,19H,12-13,15-16H2,1-4H3,(H,26,29). The van der Waals surface area contributed by atoms with Crippen LogP contribution < -0.4 is 5.32 Å². The maximum Gasteiger partial charge on any atom is 0.242 e. The van der Waals surface area contributed by atoms with E-state index >= 15 is 0 Å². The molecule has 0 aliphatic carbocycles. The zero-order valence-corrected chi connectivity index (χ0v) is 19.7. The van der Waals surface area contributed by atoms with Crippen LogP contribution in [0.1, 0.15) is 38.3 Å². The highest BCUT2D eigenvalue weighted by molar-refractivity contribution is 7.99. The summed E-state index contributed by atoms with van der Waals surface area (Å²) in [6.07, 6.45) is 0.362. The zero-order valence-electron chi connectivity index (χ0n) is 18.2. The van der Waals surface area contributed by atoms with Crippen molar-refractivity contribution in [3.05, 3.63) is 64.7 Å². The van der Waals surface area contributed by atoms with Crippen LogP contribution in [0.4, 0.5) is 0 Å². The molecule has 0 fully saturated rings. The van der Waals surface area contributed by atoms with E-state index in [1.54, 1.807) is 29.7 Å². The van der Waals surface area contributed by atoms with Gasteiger partial charge in [-0.1, -0.05) is 55.3 Å². The lowest BCUT2D eigenvalue weighted by molar-refractivity contribution is -0.140. The van der Waals surface area contributed by atoms with E-state index in [0.717, 1.165) is 10.5 Å². The summed E-state index contributed by atoms with van der Waals surface area (Å²) in [5.74, 6) is 0.838. The van der Waals surface area contributed by atoms with E-state index < -0.39 is 6.04 Å². The highest BCUT2D eigenvalue weighted by Gasteiger charge is 2.26. The molecule has 2 amide bonds. The molecule has 0 aromatic heterocycles. The van der Waals surface area contributed by atoms with Crippen LogP contribution in [0.5, 0.6) is 0 Å². The van der Waals surface area contributed by atoms with Crippen molar-refractivity contribution in [3.63, 3.8) is 0 Å². The monoisotopic (exact) mass is 446 g/mol. The van der Waals surface area contributed by atoms with Crippen LogP contribution in [0.15, 0.2) is 53.4 Å². The number of carbonyl (C=O) groups excluding carboxylic acids is 2. The molecule has 2 rings (SSSR count). The Labute approximate surface area is 189 Å². The Kier molecular flexibility index (Phi) is 9.73. The molecule has 0 aliphatic rings. The van der Waals surface area contributed by atoms with E-state index in [1.165, 1.54) is 5.56 Å². The molecule has 2 aromatic rings. The Balaban J connectivity index is 2.05. The number of aryl methyl sites for hydroxylation is 1. The van der Waals surface area contributed by atoms with Crippen molar-refractivity contribution in [2.24, 2.45) is 5.92 Å². The number of nitrogens with one attached hydrogen (secondary N) is 1. The predicted octanol–water partition coefficient (Wildman–Crippen LogP) is 5.32. The summed E-state index contributed by atoms with van der Waals surface area (Å²) in [5.41, 5.74) is 2.12. The third kappa shape index (κ3) is 8.04. The van der Waals surface area contributed by atoms with Crippen LogP contribution in [0.3, 0.4) is 0 Å². The SMILES string of the molecule is Cc1ccc(SCCC(=O)N(Cc2cccc(Cl)c2)C(C)C(=O)NCC(C)C)cc1. The molecule has 0 heterocycles. The largest absolute Gasteiger partial charge is 0.354 e. The highest BCUT2D eigenvalue weighted by Crippen LogP contribution is 2.21. The summed E-state index contributed by atoms with van der Waals surface area (Å²) >= 11 is 7.76. The van der Waals surface area contributed by atoms with Crippen LogP contribution in [0, 0.1) is 12.8 Å². The molecule has 0 bridgehead atoms. The fraction of sp³-hybridized carbons (Fsp3) is 0.417. The number of nitrogens with zero attached hydrogens (tertiary/aromatic N) is 1. The molecule has 4 nitrogen and oxygen atoms in total. The van der Waals surface area contributed by atoms with Gasteiger partial charge in [-0.15, -0.1) is 11.8 Å². The van der Waals surface area contributed by atoms with Gasteiger partial charge in [0.15, 0.2) is 0 Å². The average Bonchev–Trinajstić information content (AvgIpc) is 2.71. The second kappa shape index (κ2) is 12.0. The zero-order chi connectivity index (χ0) is 22.1. The lowest BCUT2D eigenvalue weighted by Gasteiger charge is -2.29. The van der Waals surface area contributed by atoms with Crippen molar-refractivity contribution >= 4 is 35.2 Å². The van der Waals surface area contributed by atoms with E-state index in [9.17, 15) is 9.59 Å². The Morgan fingerprint density at radius 2 is 1.80 bits per heavy atom. The van der Waals surface area contributed by atoms with Crippen LogP contribution in [0.25, 0.3) is 0 Å². The fourth-order valence-corrected chi connectivity index (χ4v) is 3.96. The number of carbonyl (C=O) groups is 2. The van der Waals surface area contributed by atoms with Crippen LogP contribution in [0.2, 0.25) is 5.02 Å². The summed E-state index contributed by atoms with van der Waals surface area (Å²) in [6.45, 7) is 8.86. The number of thioether (sulfide) groups is 1. The topological polar surface area (TPSA) is 49.4 Å². The number of amides is 2. The minimum absolute atomic E-state index is 0.0400. The summed E-state index contributed by atoms with van der Waals surface area (Å²) in [7, 11) is 0. The van der Waals surface area contributed by atoms with Gasteiger partial charge in [-0.05, 0) is 49.6 Å². The molecule has 1 unspecified atom stereocenters. The smallest absolute Gasteiger partial charge is 0.242 e. The maximum atomic E-state index is 13.1. The second-order valence-electron chi connectivity index (χ2n) is 7.88. The summed E-state index contributed by atoms with van der Waals surface area (Å²) in [5, 5.41) is 3.55. The molecule has 0 radical (unpaired) electrons. The number of hydrogen-bond acceptors (Lipinski definition) is 3. The van der Waals surface area contributed by atoms with Crippen LogP contribution in [-0.2, 0) is 16.1 Å². The van der Waals surface area contributed by atoms with Crippen LogP contribution >= 0.6 is 23.4 Å². The second-order valence-corrected chi connectivity index (χ2v) is 9.48. The van der Waals surface area contributed by atoms with E-state index in [-0.39, 0.29) is 11.8 Å². The lowest BCUT2D eigenvalue weighted by atomic mass is 10.1. The highest BCUT2D eigenvalue weighted by atomic mass is 35.5. The van der Waals surface area contributed by atoms with Gasteiger partial charge in [0.2, 0.25) is 11.8 Å². The van der Waals surface area contributed by atoms with Crippen molar-refractivity contribution in [3.8, 4) is 0 Å². The Morgan fingerprint density at radius 3 is 2.43 bits per heavy atom. The quantitative estimate of drug-likeness (QED) is 0.502. The van der Waals surface area contributed by atoms with Gasteiger partial charge in [0.05, 0.1) is 0 Å². The molecule has 0 spiro atoms. The van der Waals surface area contributed by atoms with Crippen molar-refractivity contribution in [1.82, 2.24) is 10.2 Å². The average molecular weight is 447 g/mol. The molecule has 0 saturated heterocycles. The van der Waals surface area contributed by atoms with E-state index in [1.807, 2.05) is 32.0 Å². The minimum Gasteiger partial charge on any atom is -0.354 e. The third-order valence-electron chi connectivity index (χ3n) is 4.70. The molecule has 0 aliphatic heterocycles. The van der Waals surface area contributed by atoms with E-state index in [4.69, 9.17) is 11.6 Å². The summed E-state index contributed by atoms with van der Waals surface area (Å²) in [4.78, 5) is 28.5. The third-order valence-corrected chi connectivity index (χ3v) is 5.95. The van der Waals surface area contributed by atoms with Gasteiger partial charge in [-0.3, -0.25) is 9.59 Å². The first-order valence-corrected chi connectivity index (χ1v) is 11.6. The number of rotatable bonds is 10. The fourth-order valence-electron chi connectivity index (χ4n) is 2.90. The number of benzene rings is 2. The van der Waals surface area contributed by atoms with Crippen molar-refractivity contribution in [2.75, 3.05) is 12.3 Å². The number of halogens is 1. The van der Waals surface area contributed by atoms with Gasteiger partial charge in [-0.2, -0.15) is 0 Å². The molecule has 2 aromatic carbocycles. The Morgan fingerprint density at radius 1 is 1.10 bits per heavy atom. The van der Waals surface area contributed by atoms with Crippen molar-refractivity contribution < 1.29 is 9.59 Å². The molecule has 6 heteroatoms. The first-order valence-electron chi connectivity index (χ1n) is 10.3. The first kappa shape index (κ1) is 24.3. The summed E-state index contributed by atoms with van der Waals surface area (Å²) < 4.78 is 0. The Bertz CT molecular complexity index is 839. The predicted molar refractivity (Wildman–Crippen MR) is 126 cm³/mol. The van der Waals surface area contributed by atoms with Gasteiger partial charge in [0.25, 0.3) is 0 Å². The molecule has 162 valence electrons. The molecular formula is C24H31ClN2O2S.